The highest BCUT2D eigenvalue weighted by Gasteiger charge is 2.21. The van der Waals surface area contributed by atoms with Crippen LogP contribution in [0.15, 0.2) is 42.7 Å². The van der Waals surface area contributed by atoms with E-state index in [0.717, 1.165) is 38.0 Å². The van der Waals surface area contributed by atoms with Crippen molar-refractivity contribution in [2.24, 2.45) is 5.92 Å². The summed E-state index contributed by atoms with van der Waals surface area (Å²) < 4.78 is 2.19. The number of anilines is 1. The van der Waals surface area contributed by atoms with Crippen molar-refractivity contribution in [3.05, 3.63) is 42.7 Å². The Hall–Kier alpha value is -1.81. The van der Waals surface area contributed by atoms with Crippen molar-refractivity contribution in [3.8, 4) is 5.69 Å². The predicted molar refractivity (Wildman–Crippen MR) is 87.0 cm³/mol. The van der Waals surface area contributed by atoms with E-state index in [1.54, 1.807) is 0 Å². The summed E-state index contributed by atoms with van der Waals surface area (Å²) in [7, 11) is 0. The molecule has 0 radical (unpaired) electrons. The lowest BCUT2D eigenvalue weighted by molar-refractivity contribution is 0.383. The smallest absolute Gasteiger partial charge is 0.210 e. The number of hydrogen-bond acceptors (Lipinski definition) is 3. The van der Waals surface area contributed by atoms with E-state index < -0.39 is 0 Å². The Bertz CT molecular complexity index is 541. The largest absolute Gasteiger partial charge is 0.342 e. The third kappa shape index (κ3) is 3.27. The van der Waals surface area contributed by atoms with Gasteiger partial charge in [-0.15, -0.1) is 0 Å². The Kier molecular flexibility index (Phi) is 4.55. The first-order valence-corrected chi connectivity index (χ1v) is 7.93. The molecule has 2 aromatic rings. The van der Waals surface area contributed by atoms with Gasteiger partial charge in [-0.1, -0.05) is 25.1 Å². The summed E-state index contributed by atoms with van der Waals surface area (Å²) in [6.07, 6.45) is 6.44. The zero-order valence-corrected chi connectivity index (χ0v) is 12.7. The molecule has 1 saturated heterocycles. The fraction of sp³-hybridized carbons (Fsp3) is 0.471. The maximum Gasteiger partial charge on any atom is 0.210 e. The van der Waals surface area contributed by atoms with Crippen molar-refractivity contribution >= 4 is 5.95 Å². The van der Waals surface area contributed by atoms with Crippen molar-refractivity contribution in [3.63, 3.8) is 0 Å². The van der Waals surface area contributed by atoms with Gasteiger partial charge in [0.15, 0.2) is 0 Å². The van der Waals surface area contributed by atoms with Crippen molar-refractivity contribution in [1.82, 2.24) is 14.9 Å². The molecule has 1 fully saturated rings. The van der Waals surface area contributed by atoms with E-state index in [1.807, 2.05) is 12.3 Å². The second-order valence-electron chi connectivity index (χ2n) is 5.67. The van der Waals surface area contributed by atoms with Crippen molar-refractivity contribution in [2.45, 2.75) is 19.8 Å². The van der Waals surface area contributed by atoms with E-state index in [4.69, 9.17) is 0 Å². The van der Waals surface area contributed by atoms with Gasteiger partial charge in [-0.25, -0.2) is 4.98 Å². The zero-order chi connectivity index (χ0) is 14.5. The number of benzene rings is 1. The molecule has 0 unspecified atom stereocenters. The fourth-order valence-electron chi connectivity index (χ4n) is 3.01. The van der Waals surface area contributed by atoms with Gasteiger partial charge >= 0.3 is 0 Å². The summed E-state index contributed by atoms with van der Waals surface area (Å²) in [4.78, 5) is 6.99. The third-order valence-electron chi connectivity index (χ3n) is 4.24. The minimum atomic E-state index is 0.807. The summed E-state index contributed by atoms with van der Waals surface area (Å²) in [5.74, 6) is 1.88. The quantitative estimate of drug-likeness (QED) is 0.916. The molecule has 0 atom stereocenters. The number of imidazole rings is 1. The number of aromatic nitrogens is 2. The van der Waals surface area contributed by atoms with Crippen molar-refractivity contribution < 1.29 is 0 Å². The van der Waals surface area contributed by atoms with E-state index in [1.165, 1.54) is 18.5 Å². The van der Waals surface area contributed by atoms with Crippen LogP contribution in [0.25, 0.3) is 5.69 Å². The predicted octanol–water partition coefficient (Wildman–Crippen LogP) is 2.70. The minimum Gasteiger partial charge on any atom is -0.342 e. The molecular formula is C17H24N4. The first kappa shape index (κ1) is 14.1. The summed E-state index contributed by atoms with van der Waals surface area (Å²) in [5.41, 5.74) is 1.18. The summed E-state index contributed by atoms with van der Waals surface area (Å²) in [5, 5.41) is 3.47. The molecule has 1 aliphatic rings. The van der Waals surface area contributed by atoms with Crippen LogP contribution in [0.4, 0.5) is 5.95 Å². The van der Waals surface area contributed by atoms with Crippen LogP contribution >= 0.6 is 0 Å². The molecule has 1 N–H and O–H groups in total. The van der Waals surface area contributed by atoms with Crippen LogP contribution in [-0.2, 0) is 0 Å². The molecule has 1 aromatic heterocycles. The molecule has 0 saturated carbocycles. The number of hydrogen-bond donors (Lipinski definition) is 1. The molecular weight excluding hydrogens is 260 g/mol. The molecule has 4 nitrogen and oxygen atoms in total. The van der Waals surface area contributed by atoms with Crippen LogP contribution in [0.2, 0.25) is 0 Å². The van der Waals surface area contributed by atoms with Gasteiger partial charge in [-0.05, 0) is 44.0 Å². The Morgan fingerprint density at radius 1 is 1.19 bits per heavy atom. The van der Waals surface area contributed by atoms with Gasteiger partial charge in [-0.3, -0.25) is 4.57 Å². The Morgan fingerprint density at radius 3 is 2.67 bits per heavy atom. The SMILES string of the molecule is CCNCC1CCN(c2nccn2-c2ccccc2)CC1. The molecule has 0 spiro atoms. The van der Waals surface area contributed by atoms with E-state index in [-0.39, 0.29) is 0 Å². The van der Waals surface area contributed by atoms with Gasteiger partial charge in [0.2, 0.25) is 5.95 Å². The Morgan fingerprint density at radius 2 is 1.95 bits per heavy atom. The molecule has 1 aromatic carbocycles. The van der Waals surface area contributed by atoms with Crippen LogP contribution in [0, 0.1) is 5.92 Å². The standard InChI is InChI=1S/C17H24N4/c1-2-18-14-15-8-11-20(12-9-15)17-19-10-13-21(17)16-6-4-3-5-7-16/h3-7,10,13,15,18H,2,8-9,11-12,14H2,1H3. The molecule has 3 rings (SSSR count). The highest BCUT2D eigenvalue weighted by molar-refractivity contribution is 5.43. The van der Waals surface area contributed by atoms with Gasteiger partial charge in [0.25, 0.3) is 0 Å². The number of piperidine rings is 1. The molecule has 2 heterocycles. The lowest BCUT2D eigenvalue weighted by Crippen LogP contribution is -2.38. The summed E-state index contributed by atoms with van der Waals surface area (Å²) >= 11 is 0. The number of nitrogens with one attached hydrogen (secondary N) is 1. The highest BCUT2D eigenvalue weighted by Crippen LogP contribution is 2.24. The second kappa shape index (κ2) is 6.76. The van der Waals surface area contributed by atoms with Crippen molar-refractivity contribution in [1.29, 1.82) is 0 Å². The maximum atomic E-state index is 4.58. The minimum absolute atomic E-state index is 0.807. The van der Waals surface area contributed by atoms with E-state index in [9.17, 15) is 0 Å². The highest BCUT2D eigenvalue weighted by atomic mass is 15.3. The average molecular weight is 284 g/mol. The molecule has 4 heteroatoms. The monoisotopic (exact) mass is 284 g/mol. The topological polar surface area (TPSA) is 33.1 Å². The molecule has 0 amide bonds. The Labute approximate surface area is 126 Å². The van der Waals surface area contributed by atoms with Crippen LogP contribution < -0.4 is 10.2 Å². The molecule has 0 bridgehead atoms. The molecule has 0 aliphatic carbocycles. The molecule has 1 aliphatic heterocycles. The molecule has 112 valence electrons. The summed E-state index contributed by atoms with van der Waals surface area (Å²) in [6.45, 7) is 6.59. The summed E-state index contributed by atoms with van der Waals surface area (Å²) in [6, 6.07) is 10.4. The number of rotatable bonds is 5. The third-order valence-corrected chi connectivity index (χ3v) is 4.24. The van der Waals surface area contributed by atoms with Crippen LogP contribution in [0.3, 0.4) is 0 Å². The lowest BCUT2D eigenvalue weighted by Gasteiger charge is -2.33. The van der Waals surface area contributed by atoms with Crippen LogP contribution in [0.5, 0.6) is 0 Å². The number of para-hydroxylation sites is 1. The van der Waals surface area contributed by atoms with Gasteiger partial charge in [0.05, 0.1) is 0 Å². The van der Waals surface area contributed by atoms with E-state index >= 15 is 0 Å². The van der Waals surface area contributed by atoms with Gasteiger partial charge in [-0.2, -0.15) is 0 Å². The Balaban J connectivity index is 1.68. The van der Waals surface area contributed by atoms with E-state index in [0.29, 0.717) is 0 Å². The second-order valence-corrected chi connectivity index (χ2v) is 5.67. The first-order valence-electron chi connectivity index (χ1n) is 7.93. The van der Waals surface area contributed by atoms with Gasteiger partial charge in [0, 0.05) is 31.2 Å². The van der Waals surface area contributed by atoms with Gasteiger partial charge in [0.1, 0.15) is 0 Å². The average Bonchev–Trinajstić information content (AvgIpc) is 3.04. The normalized spacial score (nSPS) is 16.3. The van der Waals surface area contributed by atoms with Gasteiger partial charge < -0.3 is 10.2 Å². The van der Waals surface area contributed by atoms with Crippen LogP contribution in [0.1, 0.15) is 19.8 Å². The zero-order valence-electron chi connectivity index (χ0n) is 12.7. The molecule has 21 heavy (non-hydrogen) atoms. The van der Waals surface area contributed by atoms with Crippen LogP contribution in [-0.4, -0.2) is 35.7 Å². The lowest BCUT2D eigenvalue weighted by atomic mass is 9.97. The fourth-order valence-corrected chi connectivity index (χ4v) is 3.01. The van der Waals surface area contributed by atoms with E-state index in [2.05, 4.69) is 57.2 Å². The first-order chi connectivity index (χ1) is 10.4. The number of nitrogens with zero attached hydrogens (tertiary/aromatic N) is 3. The maximum absolute atomic E-state index is 4.58. The van der Waals surface area contributed by atoms with Crippen molar-refractivity contribution in [2.75, 3.05) is 31.1 Å².